The Morgan fingerprint density at radius 3 is 2.76 bits per heavy atom. The van der Waals surface area contributed by atoms with Crippen molar-refractivity contribution in [3.05, 3.63) is 71.2 Å². The highest BCUT2D eigenvalue weighted by Crippen LogP contribution is 2.46. The number of carbonyl (C=O) groups is 2. The highest BCUT2D eigenvalue weighted by Gasteiger charge is 2.37. The van der Waals surface area contributed by atoms with Gasteiger partial charge in [-0.15, -0.1) is 11.3 Å². The normalized spacial score (nSPS) is 20.8. The molecule has 2 aliphatic heterocycles. The number of thiophene rings is 1. The van der Waals surface area contributed by atoms with Crippen LogP contribution in [0.3, 0.4) is 0 Å². The van der Waals surface area contributed by atoms with Crippen molar-refractivity contribution >= 4 is 50.6 Å². The van der Waals surface area contributed by atoms with Crippen LogP contribution in [-0.4, -0.2) is 46.8 Å². The number of ether oxygens (including phenoxy) is 1. The van der Waals surface area contributed by atoms with E-state index in [4.69, 9.17) is 4.74 Å². The molecule has 2 aromatic heterocycles. The molecule has 3 amide bonds. The van der Waals surface area contributed by atoms with E-state index < -0.39 is 11.6 Å². The van der Waals surface area contributed by atoms with Crippen molar-refractivity contribution in [1.29, 1.82) is 0 Å². The number of hydrogen-bond donors (Lipinski definition) is 4. The molecule has 194 valence electrons. The van der Waals surface area contributed by atoms with Crippen LogP contribution in [0.1, 0.15) is 28.6 Å². The van der Waals surface area contributed by atoms with Gasteiger partial charge in [0.2, 0.25) is 0 Å². The molecule has 0 spiro atoms. The topological polar surface area (TPSA) is 116 Å². The first-order valence-corrected chi connectivity index (χ1v) is 13.2. The molecule has 1 saturated heterocycles. The number of aromatic nitrogens is 1. The zero-order valence-corrected chi connectivity index (χ0v) is 21.8. The van der Waals surface area contributed by atoms with Crippen molar-refractivity contribution in [2.24, 2.45) is 0 Å². The average Bonchev–Trinajstić information content (AvgIpc) is 3.25. The molecule has 2 atom stereocenters. The fraction of sp³-hybridized carbons (Fsp3) is 0.250. The molecule has 4 heterocycles. The number of benzene rings is 2. The molecule has 0 saturated carbocycles. The van der Waals surface area contributed by atoms with E-state index in [9.17, 15) is 14.7 Å². The van der Waals surface area contributed by atoms with Gasteiger partial charge in [0, 0.05) is 19.3 Å². The molecular formula is C28H27N5O4S. The molecule has 4 aromatic rings. The Morgan fingerprint density at radius 2 is 2.00 bits per heavy atom. The van der Waals surface area contributed by atoms with Crippen LogP contribution in [-0.2, 0) is 0 Å². The maximum absolute atomic E-state index is 13.5. The Hall–Kier alpha value is -3.99. The second kappa shape index (κ2) is 9.39. The van der Waals surface area contributed by atoms with Crippen molar-refractivity contribution in [3.63, 3.8) is 0 Å². The first-order chi connectivity index (χ1) is 18.3. The lowest BCUT2D eigenvalue weighted by atomic mass is 9.90. The van der Waals surface area contributed by atoms with E-state index in [0.717, 1.165) is 16.7 Å². The summed E-state index contributed by atoms with van der Waals surface area (Å²) in [6.07, 6.45) is 1.55. The third kappa shape index (κ3) is 4.36. The van der Waals surface area contributed by atoms with Crippen LogP contribution in [0.5, 0.6) is 11.5 Å². The monoisotopic (exact) mass is 529 g/mol. The van der Waals surface area contributed by atoms with Crippen molar-refractivity contribution < 1.29 is 19.4 Å². The lowest BCUT2D eigenvalue weighted by molar-refractivity contribution is 0.0736. The minimum atomic E-state index is -0.612. The fourth-order valence-corrected chi connectivity index (χ4v) is 6.17. The van der Waals surface area contributed by atoms with Crippen molar-refractivity contribution in [3.8, 4) is 11.5 Å². The number of aliphatic hydroxyl groups is 1. The second-order valence-corrected chi connectivity index (χ2v) is 10.9. The number of hydrogen-bond acceptors (Lipinski definition) is 7. The summed E-state index contributed by atoms with van der Waals surface area (Å²) in [5.41, 5.74) is 2.06. The molecular weight excluding hydrogens is 502 g/mol. The molecule has 38 heavy (non-hydrogen) atoms. The van der Waals surface area contributed by atoms with Crippen LogP contribution in [0.25, 0.3) is 10.2 Å². The van der Waals surface area contributed by atoms with E-state index in [-0.39, 0.29) is 11.9 Å². The number of rotatable bonds is 5. The van der Waals surface area contributed by atoms with Gasteiger partial charge < -0.3 is 25.8 Å². The molecule has 9 nitrogen and oxygen atoms in total. The Kier molecular flexibility index (Phi) is 6.02. The molecule has 0 aliphatic carbocycles. The minimum Gasteiger partial charge on any atom is -0.457 e. The number of nitrogens with one attached hydrogen (secondary N) is 3. The molecule has 4 N–H and O–H groups in total. The van der Waals surface area contributed by atoms with Gasteiger partial charge in [0.1, 0.15) is 21.2 Å². The molecule has 2 aromatic carbocycles. The average molecular weight is 530 g/mol. The number of anilines is 3. The quantitative estimate of drug-likeness (QED) is 0.292. The molecule has 0 radical (unpaired) electrons. The predicted octanol–water partition coefficient (Wildman–Crippen LogP) is 4.92. The first-order valence-electron chi connectivity index (χ1n) is 12.4. The Balaban J connectivity index is 1.34. The zero-order valence-electron chi connectivity index (χ0n) is 20.9. The van der Waals surface area contributed by atoms with E-state index in [1.807, 2.05) is 62.4 Å². The van der Waals surface area contributed by atoms with E-state index in [1.54, 1.807) is 17.2 Å². The van der Waals surface area contributed by atoms with Gasteiger partial charge in [-0.1, -0.05) is 18.2 Å². The SMILES string of the molecule is Cc1cc(Oc2ccccc2)ccc1N1C(=O)Nc2c(C(=O)N[C@@]3(C)CNC[C@@H](O)C3)sc3nccc1c23. The highest BCUT2D eigenvalue weighted by molar-refractivity contribution is 7.21. The third-order valence-corrected chi connectivity index (χ3v) is 7.93. The number of nitrogens with zero attached hydrogens (tertiary/aromatic N) is 2. The molecule has 2 aliphatic rings. The molecule has 6 rings (SSSR count). The van der Waals surface area contributed by atoms with Crippen LogP contribution in [0.2, 0.25) is 0 Å². The summed E-state index contributed by atoms with van der Waals surface area (Å²) in [7, 11) is 0. The molecule has 0 bridgehead atoms. The van der Waals surface area contributed by atoms with E-state index in [2.05, 4.69) is 20.9 Å². The van der Waals surface area contributed by atoms with Crippen LogP contribution in [0, 0.1) is 6.92 Å². The summed E-state index contributed by atoms with van der Waals surface area (Å²) in [5, 5.41) is 20.0. The Labute approximate surface area is 223 Å². The summed E-state index contributed by atoms with van der Waals surface area (Å²) in [6, 6.07) is 16.5. The predicted molar refractivity (Wildman–Crippen MR) is 148 cm³/mol. The largest absolute Gasteiger partial charge is 0.457 e. The van der Waals surface area contributed by atoms with Crippen LogP contribution in [0.15, 0.2) is 60.8 Å². The lowest BCUT2D eigenvalue weighted by Crippen LogP contribution is -2.59. The third-order valence-electron chi connectivity index (χ3n) is 6.84. The summed E-state index contributed by atoms with van der Waals surface area (Å²) < 4.78 is 5.96. The number of aliphatic hydroxyl groups excluding tert-OH is 1. The van der Waals surface area contributed by atoms with E-state index in [1.165, 1.54) is 11.3 Å². The van der Waals surface area contributed by atoms with Gasteiger partial charge in [0.05, 0.1) is 34.1 Å². The van der Waals surface area contributed by atoms with Gasteiger partial charge in [0.25, 0.3) is 5.91 Å². The number of pyridine rings is 1. The van der Waals surface area contributed by atoms with Gasteiger partial charge in [-0.2, -0.15) is 0 Å². The maximum Gasteiger partial charge on any atom is 0.331 e. The molecule has 10 heteroatoms. The van der Waals surface area contributed by atoms with Crippen LogP contribution >= 0.6 is 11.3 Å². The van der Waals surface area contributed by atoms with Gasteiger partial charge in [-0.3, -0.25) is 9.69 Å². The highest BCUT2D eigenvalue weighted by atomic mass is 32.1. The zero-order chi connectivity index (χ0) is 26.4. The Bertz CT molecular complexity index is 1560. The maximum atomic E-state index is 13.5. The summed E-state index contributed by atoms with van der Waals surface area (Å²) in [5.74, 6) is 1.09. The number of piperidine rings is 1. The number of para-hydroxylation sites is 1. The first kappa shape index (κ1) is 24.4. The van der Waals surface area contributed by atoms with Crippen molar-refractivity contribution in [2.45, 2.75) is 31.9 Å². The van der Waals surface area contributed by atoms with E-state index >= 15 is 0 Å². The van der Waals surface area contributed by atoms with Gasteiger partial charge in [-0.25, -0.2) is 9.78 Å². The standard InChI is InChI=1S/C28H27N5O4S/c1-16-12-19(37-18-6-4-3-5-7-18)8-9-20(16)33-21-10-11-30-26-22(21)23(31-27(33)36)24(38-26)25(35)32-28(2)13-17(34)14-29-15-28/h3-12,17,29,34H,13-15H2,1-2H3,(H,31,36)(H,32,35)/t17-,28+/m0/s1. The van der Waals surface area contributed by atoms with Crippen molar-refractivity contribution in [1.82, 2.24) is 15.6 Å². The molecule has 0 unspecified atom stereocenters. The second-order valence-electron chi connectivity index (χ2n) is 9.95. The Morgan fingerprint density at radius 1 is 1.18 bits per heavy atom. The van der Waals surface area contributed by atoms with Gasteiger partial charge in [0.15, 0.2) is 0 Å². The van der Waals surface area contributed by atoms with Gasteiger partial charge in [-0.05, 0) is 62.2 Å². The number of urea groups is 1. The lowest BCUT2D eigenvalue weighted by Gasteiger charge is -2.37. The molecule has 1 fully saturated rings. The van der Waals surface area contributed by atoms with E-state index in [0.29, 0.717) is 52.0 Å². The van der Waals surface area contributed by atoms with Crippen LogP contribution < -0.4 is 25.6 Å². The number of β-amino-alcohol motifs (C(OH)–C–C–N with tert-alkyl or cyclic N) is 1. The summed E-state index contributed by atoms with van der Waals surface area (Å²) >= 11 is 1.24. The number of aryl methyl sites for hydroxylation is 1. The summed E-state index contributed by atoms with van der Waals surface area (Å²) in [6.45, 7) is 4.87. The summed E-state index contributed by atoms with van der Waals surface area (Å²) in [4.78, 5) is 34.0. The van der Waals surface area contributed by atoms with Crippen molar-refractivity contribution in [2.75, 3.05) is 23.3 Å². The minimum absolute atomic E-state index is 0.306. The van der Waals surface area contributed by atoms with Gasteiger partial charge >= 0.3 is 6.03 Å². The number of carbonyl (C=O) groups excluding carboxylic acids is 2. The van der Waals surface area contributed by atoms with Crippen LogP contribution in [0.4, 0.5) is 21.9 Å². The smallest absolute Gasteiger partial charge is 0.331 e. The number of amides is 3. The fourth-order valence-electron chi connectivity index (χ4n) is 5.16.